The van der Waals surface area contributed by atoms with Crippen LogP contribution in [0.1, 0.15) is 48.2 Å². The Morgan fingerprint density at radius 2 is 1.96 bits per heavy atom. The van der Waals surface area contributed by atoms with Crippen LogP contribution in [0.3, 0.4) is 0 Å². The minimum absolute atomic E-state index is 0.00537. The lowest BCUT2D eigenvalue weighted by molar-refractivity contribution is 0.0947. The summed E-state index contributed by atoms with van der Waals surface area (Å²) in [5, 5.41) is 2.56. The highest BCUT2D eigenvalue weighted by Gasteiger charge is 2.22. The average molecular weight is 317 g/mol. The van der Waals surface area contributed by atoms with Crippen LogP contribution in [-0.4, -0.2) is 15.9 Å². The molecule has 0 aliphatic carbocycles. The summed E-state index contributed by atoms with van der Waals surface area (Å²) < 4.78 is 13.6. The Bertz CT molecular complexity index is 791. The van der Waals surface area contributed by atoms with E-state index in [0.717, 1.165) is 0 Å². The maximum absolute atomic E-state index is 13.6. The molecule has 1 amide bonds. The van der Waals surface area contributed by atoms with Crippen molar-refractivity contribution in [1.82, 2.24) is 15.3 Å². The maximum atomic E-state index is 13.6. The molecular formula is C17H20FN3O2. The molecular weight excluding hydrogens is 297 g/mol. The zero-order valence-corrected chi connectivity index (χ0v) is 13.7. The number of carbonyl (C=O) groups is 1. The van der Waals surface area contributed by atoms with Gasteiger partial charge in [-0.25, -0.2) is 9.37 Å². The Kier molecular flexibility index (Phi) is 4.63. The lowest BCUT2D eigenvalue weighted by Crippen LogP contribution is -2.33. The summed E-state index contributed by atoms with van der Waals surface area (Å²) in [5.41, 5.74) is -0.159. The monoisotopic (exact) mass is 317 g/mol. The van der Waals surface area contributed by atoms with Crippen molar-refractivity contribution < 1.29 is 9.18 Å². The van der Waals surface area contributed by atoms with Crippen LogP contribution in [0.15, 0.2) is 29.1 Å². The van der Waals surface area contributed by atoms with Gasteiger partial charge >= 0.3 is 0 Å². The smallest absolute Gasteiger partial charge is 0.264 e. The minimum atomic E-state index is -0.569. The van der Waals surface area contributed by atoms with E-state index in [1.54, 1.807) is 25.1 Å². The predicted octanol–water partition coefficient (Wildman–Crippen LogP) is 2.44. The van der Waals surface area contributed by atoms with Crippen molar-refractivity contribution in [2.75, 3.05) is 0 Å². The van der Waals surface area contributed by atoms with Crippen LogP contribution in [0.2, 0.25) is 0 Å². The summed E-state index contributed by atoms with van der Waals surface area (Å²) in [5.74, 6) is -0.453. The fraction of sp³-hybridized carbons (Fsp3) is 0.353. The molecule has 1 aromatic carbocycles. The van der Waals surface area contributed by atoms with E-state index in [0.29, 0.717) is 17.1 Å². The van der Waals surface area contributed by atoms with Gasteiger partial charge in [0.1, 0.15) is 17.2 Å². The highest BCUT2D eigenvalue weighted by atomic mass is 19.1. The van der Waals surface area contributed by atoms with Gasteiger partial charge in [-0.2, -0.15) is 0 Å². The number of hydrogen-bond acceptors (Lipinski definition) is 3. The van der Waals surface area contributed by atoms with Gasteiger partial charge in [-0.15, -0.1) is 0 Å². The average Bonchev–Trinajstić information content (AvgIpc) is 2.44. The first-order valence-corrected chi connectivity index (χ1v) is 7.33. The second kappa shape index (κ2) is 6.32. The highest BCUT2D eigenvalue weighted by Crippen LogP contribution is 2.17. The number of aryl methyl sites for hydroxylation is 1. The number of aromatic amines is 1. The van der Waals surface area contributed by atoms with Crippen molar-refractivity contribution >= 4 is 5.91 Å². The van der Waals surface area contributed by atoms with Crippen molar-refractivity contribution in [3.8, 4) is 0 Å². The quantitative estimate of drug-likeness (QED) is 0.913. The summed E-state index contributed by atoms with van der Waals surface area (Å²) >= 11 is 0. The Morgan fingerprint density at radius 1 is 1.30 bits per heavy atom. The van der Waals surface area contributed by atoms with E-state index >= 15 is 0 Å². The van der Waals surface area contributed by atoms with Crippen LogP contribution >= 0.6 is 0 Å². The molecule has 0 saturated heterocycles. The molecule has 0 fully saturated rings. The molecule has 122 valence electrons. The molecule has 1 aromatic heterocycles. The zero-order valence-electron chi connectivity index (χ0n) is 13.7. The van der Waals surface area contributed by atoms with E-state index in [9.17, 15) is 14.0 Å². The Balaban J connectivity index is 2.24. The Hall–Kier alpha value is -2.50. The summed E-state index contributed by atoms with van der Waals surface area (Å²) in [4.78, 5) is 31.4. The second-order valence-electron chi connectivity index (χ2n) is 6.40. The number of halogens is 1. The van der Waals surface area contributed by atoms with Crippen LogP contribution in [0.25, 0.3) is 0 Å². The lowest BCUT2D eigenvalue weighted by atomic mass is 9.95. The molecule has 0 radical (unpaired) electrons. The molecule has 23 heavy (non-hydrogen) atoms. The van der Waals surface area contributed by atoms with E-state index in [1.807, 2.05) is 20.8 Å². The third-order valence-corrected chi connectivity index (χ3v) is 3.44. The van der Waals surface area contributed by atoms with E-state index in [1.165, 1.54) is 6.07 Å². The molecule has 1 heterocycles. The van der Waals surface area contributed by atoms with E-state index in [2.05, 4.69) is 15.3 Å². The van der Waals surface area contributed by atoms with Gasteiger partial charge < -0.3 is 10.3 Å². The largest absolute Gasteiger partial charge is 0.348 e. The third-order valence-electron chi connectivity index (χ3n) is 3.44. The van der Waals surface area contributed by atoms with Crippen molar-refractivity contribution in [3.63, 3.8) is 0 Å². The lowest BCUT2D eigenvalue weighted by Gasteiger charge is -2.18. The number of aromatic nitrogens is 2. The number of H-pyrrole nitrogens is 1. The van der Waals surface area contributed by atoms with Gasteiger partial charge in [0.2, 0.25) is 0 Å². The van der Waals surface area contributed by atoms with Gasteiger partial charge in [-0.05, 0) is 13.0 Å². The maximum Gasteiger partial charge on any atom is 0.264 e. The first-order chi connectivity index (χ1) is 10.7. The zero-order chi connectivity index (χ0) is 17.2. The van der Waals surface area contributed by atoms with Crippen LogP contribution in [0, 0.1) is 12.7 Å². The van der Waals surface area contributed by atoms with Gasteiger partial charge in [0.15, 0.2) is 0 Å². The Labute approximate surface area is 134 Å². The standard InChI is InChI=1S/C17H20FN3O2/c1-10-13(15(23)21-16(20-10)17(2,3)4)14(22)19-9-11-7-5-6-8-12(11)18/h5-8H,9H2,1-4H3,(H,19,22)(H,20,21,23). The van der Waals surface area contributed by atoms with E-state index in [-0.39, 0.29) is 17.5 Å². The normalized spacial score (nSPS) is 11.3. The van der Waals surface area contributed by atoms with Gasteiger partial charge in [-0.1, -0.05) is 39.0 Å². The minimum Gasteiger partial charge on any atom is -0.348 e. The molecule has 2 aromatic rings. The molecule has 0 spiro atoms. The molecule has 0 atom stereocenters. The van der Waals surface area contributed by atoms with Crippen LogP contribution < -0.4 is 10.9 Å². The van der Waals surface area contributed by atoms with Crippen molar-refractivity contribution in [3.05, 3.63) is 63.1 Å². The first-order valence-electron chi connectivity index (χ1n) is 7.33. The summed E-state index contributed by atoms with van der Waals surface area (Å²) in [6.07, 6.45) is 0. The molecule has 2 N–H and O–H groups in total. The van der Waals surface area contributed by atoms with E-state index < -0.39 is 17.3 Å². The number of rotatable bonds is 3. The number of benzene rings is 1. The summed E-state index contributed by atoms with van der Waals surface area (Å²) in [6.45, 7) is 7.38. The number of nitrogens with one attached hydrogen (secondary N) is 2. The van der Waals surface area contributed by atoms with Crippen LogP contribution in [-0.2, 0) is 12.0 Å². The third kappa shape index (κ3) is 3.83. The number of nitrogens with zero attached hydrogens (tertiary/aromatic N) is 1. The fourth-order valence-electron chi connectivity index (χ4n) is 2.11. The first kappa shape index (κ1) is 16.9. The van der Waals surface area contributed by atoms with Crippen LogP contribution in [0.5, 0.6) is 0 Å². The second-order valence-corrected chi connectivity index (χ2v) is 6.40. The molecule has 0 aliphatic rings. The van der Waals surface area contributed by atoms with Gasteiger partial charge in [0.05, 0.1) is 5.69 Å². The molecule has 0 bridgehead atoms. The molecule has 5 nitrogen and oxygen atoms in total. The van der Waals surface area contributed by atoms with Gasteiger partial charge in [0.25, 0.3) is 11.5 Å². The molecule has 0 saturated carbocycles. The van der Waals surface area contributed by atoms with Gasteiger partial charge in [-0.3, -0.25) is 9.59 Å². The van der Waals surface area contributed by atoms with E-state index in [4.69, 9.17) is 0 Å². The van der Waals surface area contributed by atoms with Crippen LogP contribution in [0.4, 0.5) is 4.39 Å². The number of amides is 1. The topological polar surface area (TPSA) is 74.8 Å². The summed E-state index contributed by atoms with van der Waals surface area (Å²) in [6, 6.07) is 6.15. The molecule has 0 aliphatic heterocycles. The van der Waals surface area contributed by atoms with Gasteiger partial charge in [0, 0.05) is 17.5 Å². The summed E-state index contributed by atoms with van der Waals surface area (Å²) in [7, 11) is 0. The van der Waals surface area contributed by atoms with Crippen molar-refractivity contribution in [2.45, 2.75) is 39.7 Å². The Morgan fingerprint density at radius 3 is 2.52 bits per heavy atom. The molecule has 0 unspecified atom stereocenters. The van der Waals surface area contributed by atoms with Crippen molar-refractivity contribution in [2.24, 2.45) is 0 Å². The highest BCUT2D eigenvalue weighted by molar-refractivity contribution is 5.94. The number of carbonyl (C=O) groups excluding carboxylic acids is 1. The predicted molar refractivity (Wildman–Crippen MR) is 85.9 cm³/mol. The fourth-order valence-corrected chi connectivity index (χ4v) is 2.11. The SMILES string of the molecule is Cc1nc(C(C)(C)C)[nH]c(=O)c1C(=O)NCc1ccccc1F. The van der Waals surface area contributed by atoms with Crippen molar-refractivity contribution in [1.29, 1.82) is 0 Å². The number of hydrogen-bond donors (Lipinski definition) is 2. The molecule has 6 heteroatoms. The molecule has 2 rings (SSSR count).